The fourth-order valence-electron chi connectivity index (χ4n) is 2.62. The van der Waals surface area contributed by atoms with Gasteiger partial charge in [-0.1, -0.05) is 42.5 Å². The number of rotatable bonds is 7. The van der Waals surface area contributed by atoms with E-state index in [0.717, 1.165) is 5.56 Å². The van der Waals surface area contributed by atoms with Crippen molar-refractivity contribution in [3.8, 4) is 17.5 Å². The molecular weight excluding hydrogens is 360 g/mol. The SMILES string of the molecule is COC(=O)c1ccccc1O[C@@H](c1ccccc1)c1nc(OC)cc(OC)n1. The van der Waals surface area contributed by atoms with Gasteiger partial charge in [-0.25, -0.2) is 4.79 Å². The zero-order valence-corrected chi connectivity index (χ0v) is 15.8. The molecule has 0 amide bonds. The van der Waals surface area contributed by atoms with Gasteiger partial charge in [0, 0.05) is 5.56 Å². The van der Waals surface area contributed by atoms with Crippen molar-refractivity contribution in [2.24, 2.45) is 0 Å². The molecule has 144 valence electrons. The molecule has 0 bridgehead atoms. The maximum atomic E-state index is 12.1. The Balaban J connectivity index is 2.09. The van der Waals surface area contributed by atoms with Crippen LogP contribution in [-0.4, -0.2) is 37.3 Å². The second kappa shape index (κ2) is 8.85. The van der Waals surface area contributed by atoms with E-state index in [2.05, 4.69) is 9.97 Å². The lowest BCUT2D eigenvalue weighted by Gasteiger charge is -2.20. The molecule has 0 saturated heterocycles. The molecule has 2 aromatic carbocycles. The summed E-state index contributed by atoms with van der Waals surface area (Å²) in [5, 5.41) is 0. The molecule has 0 spiro atoms. The molecule has 0 N–H and O–H groups in total. The van der Waals surface area contributed by atoms with Crippen LogP contribution in [-0.2, 0) is 4.74 Å². The number of carbonyl (C=O) groups is 1. The molecule has 7 heteroatoms. The summed E-state index contributed by atoms with van der Waals surface area (Å²) in [7, 11) is 4.34. The summed E-state index contributed by atoms with van der Waals surface area (Å²) in [6.07, 6.45) is -0.698. The molecule has 0 unspecified atom stereocenters. The van der Waals surface area contributed by atoms with Gasteiger partial charge in [-0.15, -0.1) is 0 Å². The molecule has 1 heterocycles. The van der Waals surface area contributed by atoms with E-state index >= 15 is 0 Å². The number of ether oxygens (including phenoxy) is 4. The van der Waals surface area contributed by atoms with Crippen LogP contribution in [0.2, 0.25) is 0 Å². The van der Waals surface area contributed by atoms with Gasteiger partial charge in [0.05, 0.1) is 27.4 Å². The summed E-state index contributed by atoms with van der Waals surface area (Å²) >= 11 is 0. The number of benzene rings is 2. The highest BCUT2D eigenvalue weighted by atomic mass is 16.5. The van der Waals surface area contributed by atoms with Crippen LogP contribution in [0.1, 0.15) is 27.8 Å². The maximum absolute atomic E-state index is 12.1. The molecule has 0 aliphatic rings. The fourth-order valence-corrected chi connectivity index (χ4v) is 2.62. The monoisotopic (exact) mass is 380 g/mol. The van der Waals surface area contributed by atoms with E-state index in [1.165, 1.54) is 21.3 Å². The Labute approximate surface area is 162 Å². The minimum Gasteiger partial charge on any atom is -0.481 e. The van der Waals surface area contributed by atoms with Crippen molar-refractivity contribution in [2.75, 3.05) is 21.3 Å². The molecular formula is C21H20N2O5. The molecule has 3 rings (SSSR count). The van der Waals surface area contributed by atoms with Crippen LogP contribution in [0.5, 0.6) is 17.5 Å². The lowest BCUT2D eigenvalue weighted by Crippen LogP contribution is -2.16. The van der Waals surface area contributed by atoms with Gasteiger partial charge in [-0.2, -0.15) is 9.97 Å². The molecule has 0 saturated carbocycles. The minimum atomic E-state index is -0.698. The van der Waals surface area contributed by atoms with Crippen LogP contribution in [0, 0.1) is 0 Å². The fraction of sp³-hybridized carbons (Fsp3) is 0.190. The number of nitrogens with zero attached hydrogens (tertiary/aromatic N) is 2. The smallest absolute Gasteiger partial charge is 0.341 e. The van der Waals surface area contributed by atoms with Crippen molar-refractivity contribution in [3.63, 3.8) is 0 Å². The molecule has 0 aliphatic carbocycles. The number of methoxy groups -OCH3 is 3. The van der Waals surface area contributed by atoms with Crippen molar-refractivity contribution in [2.45, 2.75) is 6.10 Å². The second-order valence-electron chi connectivity index (χ2n) is 5.71. The topological polar surface area (TPSA) is 79.8 Å². The molecule has 28 heavy (non-hydrogen) atoms. The summed E-state index contributed by atoms with van der Waals surface area (Å²) in [6.45, 7) is 0. The van der Waals surface area contributed by atoms with Gasteiger partial charge >= 0.3 is 5.97 Å². The van der Waals surface area contributed by atoms with Gasteiger partial charge in [0.2, 0.25) is 11.8 Å². The predicted octanol–water partition coefficient (Wildman–Crippen LogP) is 3.45. The first-order valence-electron chi connectivity index (χ1n) is 8.52. The van der Waals surface area contributed by atoms with Gasteiger partial charge in [-0.05, 0) is 12.1 Å². The zero-order valence-electron chi connectivity index (χ0n) is 15.8. The minimum absolute atomic E-state index is 0.306. The number of esters is 1. The Morgan fingerprint density at radius 2 is 1.46 bits per heavy atom. The van der Waals surface area contributed by atoms with Crippen molar-refractivity contribution >= 4 is 5.97 Å². The standard InChI is InChI=1S/C21H20N2O5/c1-25-17-13-18(26-2)23-20(22-17)19(14-9-5-4-6-10-14)28-16-12-8-7-11-15(16)21(24)27-3/h4-13,19H,1-3H3/t19-/m0/s1. The van der Waals surface area contributed by atoms with Crippen LogP contribution in [0.15, 0.2) is 60.7 Å². The van der Waals surface area contributed by atoms with Gasteiger partial charge in [0.15, 0.2) is 11.9 Å². The van der Waals surface area contributed by atoms with Crippen LogP contribution < -0.4 is 14.2 Å². The number of aromatic nitrogens is 2. The van der Waals surface area contributed by atoms with Gasteiger partial charge in [-0.3, -0.25) is 0 Å². The molecule has 0 radical (unpaired) electrons. The first-order chi connectivity index (χ1) is 13.7. The van der Waals surface area contributed by atoms with Crippen LogP contribution in [0.3, 0.4) is 0 Å². The average Bonchev–Trinajstić information content (AvgIpc) is 2.77. The summed E-state index contributed by atoms with van der Waals surface area (Å²) in [4.78, 5) is 20.9. The lowest BCUT2D eigenvalue weighted by molar-refractivity contribution is 0.0593. The largest absolute Gasteiger partial charge is 0.481 e. The highest BCUT2D eigenvalue weighted by Gasteiger charge is 2.24. The van der Waals surface area contributed by atoms with E-state index in [1.807, 2.05) is 30.3 Å². The summed E-state index contributed by atoms with van der Waals surface area (Å²) in [5.41, 5.74) is 1.11. The predicted molar refractivity (Wildman–Crippen MR) is 102 cm³/mol. The molecule has 1 atom stereocenters. The van der Waals surface area contributed by atoms with Crippen molar-refractivity contribution in [1.82, 2.24) is 9.97 Å². The third-order valence-corrected chi connectivity index (χ3v) is 3.99. The molecule has 1 aromatic heterocycles. The second-order valence-corrected chi connectivity index (χ2v) is 5.71. The first-order valence-corrected chi connectivity index (χ1v) is 8.52. The number of hydrogen-bond donors (Lipinski definition) is 0. The van der Waals surface area contributed by atoms with Gasteiger partial charge < -0.3 is 18.9 Å². The van der Waals surface area contributed by atoms with Crippen molar-refractivity contribution < 1.29 is 23.7 Å². The Kier molecular flexibility index (Phi) is 6.06. The quantitative estimate of drug-likeness (QED) is 0.581. The molecule has 0 fully saturated rings. The van der Waals surface area contributed by atoms with Gasteiger partial charge in [0.1, 0.15) is 11.3 Å². The third-order valence-electron chi connectivity index (χ3n) is 3.99. The van der Waals surface area contributed by atoms with E-state index in [1.54, 1.807) is 30.3 Å². The number of hydrogen-bond acceptors (Lipinski definition) is 7. The van der Waals surface area contributed by atoms with Crippen LogP contribution in [0.4, 0.5) is 0 Å². The highest BCUT2D eigenvalue weighted by Crippen LogP contribution is 2.31. The molecule has 0 aliphatic heterocycles. The van der Waals surface area contributed by atoms with E-state index in [4.69, 9.17) is 18.9 Å². The summed E-state index contributed by atoms with van der Waals surface area (Å²) in [6, 6.07) is 17.9. The Bertz CT molecular complexity index is 924. The van der Waals surface area contributed by atoms with Gasteiger partial charge in [0.25, 0.3) is 0 Å². The number of para-hydroxylation sites is 1. The lowest BCUT2D eigenvalue weighted by atomic mass is 10.1. The van der Waals surface area contributed by atoms with Crippen LogP contribution >= 0.6 is 0 Å². The summed E-state index contributed by atoms with van der Waals surface area (Å²) in [5.74, 6) is 0.877. The molecule has 7 nitrogen and oxygen atoms in total. The Morgan fingerprint density at radius 1 is 0.857 bits per heavy atom. The van der Waals surface area contributed by atoms with Crippen molar-refractivity contribution in [3.05, 3.63) is 77.6 Å². The van der Waals surface area contributed by atoms with Crippen LogP contribution in [0.25, 0.3) is 0 Å². The van der Waals surface area contributed by atoms with E-state index in [-0.39, 0.29) is 0 Å². The van der Waals surface area contributed by atoms with E-state index < -0.39 is 12.1 Å². The van der Waals surface area contributed by atoms with E-state index in [9.17, 15) is 4.79 Å². The third kappa shape index (κ3) is 4.20. The Morgan fingerprint density at radius 3 is 2.07 bits per heavy atom. The molecule has 3 aromatic rings. The summed E-state index contributed by atoms with van der Waals surface area (Å²) < 4.78 is 21.6. The van der Waals surface area contributed by atoms with Crippen molar-refractivity contribution in [1.29, 1.82) is 0 Å². The average molecular weight is 380 g/mol. The number of carbonyl (C=O) groups excluding carboxylic acids is 1. The maximum Gasteiger partial charge on any atom is 0.341 e. The zero-order chi connectivity index (χ0) is 19.9. The Hall–Kier alpha value is -3.61. The van der Waals surface area contributed by atoms with E-state index in [0.29, 0.717) is 28.9 Å². The first kappa shape index (κ1) is 19.2. The highest BCUT2D eigenvalue weighted by molar-refractivity contribution is 5.92. The normalized spacial score (nSPS) is 11.4.